The standard InChI is InChI=1S/C27H33N/c1-6-21(4)23-10-16-26(17-11-23)28(25-14-8-20(3)9-15-25)27-18-12-24(13-19-27)22(5)7-2/h8-19,21-22H,6-7H2,1-5H3. The van der Waals surface area contributed by atoms with Gasteiger partial charge in [-0.15, -0.1) is 0 Å². The number of anilines is 3. The van der Waals surface area contributed by atoms with Crippen molar-refractivity contribution in [1.82, 2.24) is 0 Å². The van der Waals surface area contributed by atoms with E-state index in [0.717, 1.165) is 12.8 Å². The summed E-state index contributed by atoms with van der Waals surface area (Å²) in [5, 5.41) is 0. The second kappa shape index (κ2) is 9.10. The molecule has 2 atom stereocenters. The lowest BCUT2D eigenvalue weighted by atomic mass is 9.97. The van der Waals surface area contributed by atoms with Crippen LogP contribution < -0.4 is 4.90 Å². The molecule has 1 nitrogen and oxygen atoms in total. The summed E-state index contributed by atoms with van der Waals surface area (Å²) in [6.07, 6.45) is 2.33. The molecule has 0 N–H and O–H groups in total. The molecule has 0 radical (unpaired) electrons. The van der Waals surface area contributed by atoms with Crippen LogP contribution >= 0.6 is 0 Å². The second-order valence-electron chi connectivity index (χ2n) is 7.97. The third-order valence-electron chi connectivity index (χ3n) is 5.96. The minimum absolute atomic E-state index is 0.594. The SMILES string of the molecule is CCC(C)c1ccc(N(c2ccc(C)cc2)c2ccc(C(C)CC)cc2)cc1. The third kappa shape index (κ3) is 4.47. The number of hydrogen-bond acceptors (Lipinski definition) is 1. The highest BCUT2D eigenvalue weighted by molar-refractivity contribution is 5.76. The summed E-state index contributed by atoms with van der Waals surface area (Å²) >= 11 is 0. The summed E-state index contributed by atoms with van der Waals surface area (Å²) in [7, 11) is 0. The van der Waals surface area contributed by atoms with Gasteiger partial charge in [0.2, 0.25) is 0 Å². The van der Waals surface area contributed by atoms with E-state index in [1.807, 2.05) is 0 Å². The molecule has 0 heterocycles. The normalized spacial score (nSPS) is 13.2. The molecule has 0 spiro atoms. The van der Waals surface area contributed by atoms with Crippen LogP contribution in [0.4, 0.5) is 17.1 Å². The number of benzene rings is 3. The number of nitrogens with zero attached hydrogens (tertiary/aromatic N) is 1. The van der Waals surface area contributed by atoms with E-state index in [2.05, 4.69) is 112 Å². The summed E-state index contributed by atoms with van der Waals surface area (Å²) in [6.45, 7) is 11.2. The van der Waals surface area contributed by atoms with Gasteiger partial charge < -0.3 is 4.90 Å². The molecule has 2 unspecified atom stereocenters. The number of rotatable bonds is 7. The van der Waals surface area contributed by atoms with Gasteiger partial charge in [-0.3, -0.25) is 0 Å². The molecule has 0 fully saturated rings. The highest BCUT2D eigenvalue weighted by atomic mass is 15.1. The summed E-state index contributed by atoms with van der Waals surface area (Å²) in [4.78, 5) is 2.35. The Labute approximate surface area is 171 Å². The van der Waals surface area contributed by atoms with Crippen LogP contribution in [-0.4, -0.2) is 0 Å². The predicted octanol–water partition coefficient (Wildman–Crippen LogP) is 8.49. The lowest BCUT2D eigenvalue weighted by Gasteiger charge is -2.26. The first kappa shape index (κ1) is 20.2. The highest BCUT2D eigenvalue weighted by Gasteiger charge is 2.14. The molecule has 0 aliphatic rings. The second-order valence-corrected chi connectivity index (χ2v) is 7.97. The van der Waals surface area contributed by atoms with Crippen molar-refractivity contribution in [2.75, 3.05) is 4.90 Å². The van der Waals surface area contributed by atoms with Crippen molar-refractivity contribution in [3.63, 3.8) is 0 Å². The molecule has 0 amide bonds. The predicted molar refractivity (Wildman–Crippen MR) is 123 cm³/mol. The molecule has 0 aliphatic carbocycles. The van der Waals surface area contributed by atoms with Crippen molar-refractivity contribution in [2.45, 2.75) is 59.3 Å². The molecular weight excluding hydrogens is 338 g/mol. The van der Waals surface area contributed by atoms with E-state index in [4.69, 9.17) is 0 Å². The van der Waals surface area contributed by atoms with Gasteiger partial charge in [0.15, 0.2) is 0 Å². The molecule has 3 aromatic carbocycles. The number of hydrogen-bond donors (Lipinski definition) is 0. The van der Waals surface area contributed by atoms with E-state index in [1.165, 1.54) is 33.8 Å². The summed E-state index contributed by atoms with van der Waals surface area (Å²) in [6, 6.07) is 26.9. The Bertz CT molecular complexity index is 806. The lowest BCUT2D eigenvalue weighted by molar-refractivity contribution is 0.733. The van der Waals surface area contributed by atoms with Gasteiger partial charge in [-0.1, -0.05) is 69.7 Å². The topological polar surface area (TPSA) is 3.24 Å². The Kier molecular flexibility index (Phi) is 6.57. The van der Waals surface area contributed by atoms with Crippen molar-refractivity contribution in [2.24, 2.45) is 0 Å². The van der Waals surface area contributed by atoms with Crippen LogP contribution in [0.25, 0.3) is 0 Å². The van der Waals surface area contributed by atoms with E-state index in [9.17, 15) is 0 Å². The molecule has 0 aromatic heterocycles. The van der Waals surface area contributed by atoms with Crippen molar-refractivity contribution < 1.29 is 0 Å². The summed E-state index contributed by atoms with van der Waals surface area (Å²) < 4.78 is 0. The van der Waals surface area contributed by atoms with Crippen molar-refractivity contribution in [1.29, 1.82) is 0 Å². The Morgan fingerprint density at radius 3 is 1.21 bits per heavy atom. The third-order valence-corrected chi connectivity index (χ3v) is 5.96. The van der Waals surface area contributed by atoms with Crippen LogP contribution in [0.5, 0.6) is 0 Å². The summed E-state index contributed by atoms with van der Waals surface area (Å²) in [5.41, 5.74) is 7.69. The lowest BCUT2D eigenvalue weighted by Crippen LogP contribution is -2.10. The van der Waals surface area contributed by atoms with Crippen molar-refractivity contribution >= 4 is 17.1 Å². The van der Waals surface area contributed by atoms with E-state index in [-0.39, 0.29) is 0 Å². The molecule has 0 bridgehead atoms. The van der Waals surface area contributed by atoms with Gasteiger partial charge in [-0.05, 0) is 79.1 Å². The molecular formula is C27H33N. The van der Waals surface area contributed by atoms with E-state index in [0.29, 0.717) is 11.8 Å². The first-order valence-corrected chi connectivity index (χ1v) is 10.6. The van der Waals surface area contributed by atoms with Crippen LogP contribution in [-0.2, 0) is 0 Å². The monoisotopic (exact) mass is 371 g/mol. The Morgan fingerprint density at radius 1 is 0.571 bits per heavy atom. The first-order valence-electron chi connectivity index (χ1n) is 10.6. The van der Waals surface area contributed by atoms with Crippen molar-refractivity contribution in [3.8, 4) is 0 Å². The molecule has 1 heteroatoms. The Hall–Kier alpha value is -2.54. The fraction of sp³-hybridized carbons (Fsp3) is 0.333. The molecule has 0 saturated heterocycles. The maximum absolute atomic E-state index is 2.35. The zero-order valence-electron chi connectivity index (χ0n) is 17.9. The van der Waals surface area contributed by atoms with Crippen LogP contribution in [0.15, 0.2) is 72.8 Å². The molecule has 146 valence electrons. The largest absolute Gasteiger partial charge is 0.311 e. The fourth-order valence-corrected chi connectivity index (χ4v) is 3.52. The van der Waals surface area contributed by atoms with Crippen LogP contribution in [0.2, 0.25) is 0 Å². The van der Waals surface area contributed by atoms with Crippen LogP contribution in [0.3, 0.4) is 0 Å². The molecule has 0 saturated carbocycles. The quantitative estimate of drug-likeness (QED) is 0.402. The zero-order chi connectivity index (χ0) is 20.1. The van der Waals surface area contributed by atoms with Gasteiger partial charge in [0.05, 0.1) is 0 Å². The van der Waals surface area contributed by atoms with Gasteiger partial charge in [-0.25, -0.2) is 0 Å². The Morgan fingerprint density at radius 2 is 0.893 bits per heavy atom. The summed E-state index contributed by atoms with van der Waals surface area (Å²) in [5.74, 6) is 1.19. The maximum Gasteiger partial charge on any atom is 0.0461 e. The van der Waals surface area contributed by atoms with Crippen molar-refractivity contribution in [3.05, 3.63) is 89.5 Å². The Balaban J connectivity index is 2.01. The minimum atomic E-state index is 0.594. The molecule has 3 aromatic rings. The van der Waals surface area contributed by atoms with E-state index >= 15 is 0 Å². The fourth-order valence-electron chi connectivity index (χ4n) is 3.52. The highest BCUT2D eigenvalue weighted by Crippen LogP contribution is 2.36. The maximum atomic E-state index is 2.35. The molecule has 0 aliphatic heterocycles. The van der Waals surface area contributed by atoms with Crippen LogP contribution in [0, 0.1) is 6.92 Å². The molecule has 28 heavy (non-hydrogen) atoms. The zero-order valence-corrected chi connectivity index (χ0v) is 17.9. The average Bonchev–Trinajstić information content (AvgIpc) is 2.75. The van der Waals surface area contributed by atoms with Gasteiger partial charge in [-0.2, -0.15) is 0 Å². The van der Waals surface area contributed by atoms with Gasteiger partial charge in [0.25, 0.3) is 0 Å². The number of aryl methyl sites for hydroxylation is 1. The van der Waals surface area contributed by atoms with E-state index < -0.39 is 0 Å². The minimum Gasteiger partial charge on any atom is -0.311 e. The van der Waals surface area contributed by atoms with Crippen LogP contribution in [0.1, 0.15) is 69.1 Å². The smallest absolute Gasteiger partial charge is 0.0461 e. The van der Waals surface area contributed by atoms with E-state index in [1.54, 1.807) is 0 Å². The van der Waals surface area contributed by atoms with Gasteiger partial charge >= 0.3 is 0 Å². The average molecular weight is 372 g/mol. The molecule has 3 rings (SSSR count). The van der Waals surface area contributed by atoms with Gasteiger partial charge in [0.1, 0.15) is 0 Å². The first-order chi connectivity index (χ1) is 13.5. The van der Waals surface area contributed by atoms with Gasteiger partial charge in [0, 0.05) is 17.1 Å².